The van der Waals surface area contributed by atoms with Gasteiger partial charge in [0.15, 0.2) is 6.10 Å². The first-order valence-electron chi connectivity index (χ1n) is 30.2. The summed E-state index contributed by atoms with van der Waals surface area (Å²) < 4.78 is 39.5. The summed E-state index contributed by atoms with van der Waals surface area (Å²) in [5, 5.41) is 9.79. The topological polar surface area (TPSA) is 155 Å². The lowest BCUT2D eigenvalue weighted by Gasteiger charge is -2.21. The van der Waals surface area contributed by atoms with Crippen molar-refractivity contribution in [1.82, 2.24) is 0 Å². The number of phosphoric ester groups is 1. The Bertz CT molecular complexity index is 1470. The standard InChI is InChI=1S/C62H111O11P/c1-4-7-10-13-16-19-22-25-27-28-29-30-32-34-36-39-42-45-48-51-60(64)69-55-59(73-62(66)53-50-47-44-41-38-35-31-26-23-20-17-14-11-8-5-2)57-71-74(67,68)70-56-58(54-63)72-61(65)52-49-46-43-40-37-33-24-21-18-15-12-9-6-3/h9,12,18,21,25,27,33,37,43,46,58-59,63H,4-8,10-11,13-17,19-20,22-24,26,28-32,34-36,38-42,44-45,47-57H2,1-3H3,(H,67,68)/b12-9-,21-18-,27-25-,37-33-,46-43-. The van der Waals surface area contributed by atoms with Gasteiger partial charge in [0.05, 0.1) is 19.8 Å². The van der Waals surface area contributed by atoms with Crippen molar-refractivity contribution in [2.75, 3.05) is 26.4 Å². The molecule has 430 valence electrons. The highest BCUT2D eigenvalue weighted by Crippen LogP contribution is 2.43. The number of esters is 3. The first-order valence-corrected chi connectivity index (χ1v) is 31.7. The van der Waals surface area contributed by atoms with Crippen molar-refractivity contribution in [3.8, 4) is 0 Å². The highest BCUT2D eigenvalue weighted by molar-refractivity contribution is 7.47. The van der Waals surface area contributed by atoms with E-state index in [0.717, 1.165) is 64.2 Å². The van der Waals surface area contributed by atoms with Crippen LogP contribution in [0.4, 0.5) is 0 Å². The molecule has 0 heterocycles. The summed E-state index contributed by atoms with van der Waals surface area (Å²) in [6, 6.07) is 0. The van der Waals surface area contributed by atoms with E-state index >= 15 is 0 Å². The first kappa shape index (κ1) is 71.2. The van der Waals surface area contributed by atoms with Crippen molar-refractivity contribution in [2.24, 2.45) is 0 Å². The van der Waals surface area contributed by atoms with E-state index in [1.807, 2.05) is 12.2 Å². The molecule has 2 N–H and O–H groups in total. The van der Waals surface area contributed by atoms with Crippen LogP contribution in [-0.4, -0.2) is 66.5 Å². The third-order valence-electron chi connectivity index (χ3n) is 12.9. The third kappa shape index (κ3) is 54.0. The maximum atomic E-state index is 12.9. The van der Waals surface area contributed by atoms with E-state index in [2.05, 4.69) is 69.4 Å². The average molecular weight is 1060 g/mol. The molecule has 0 aromatic heterocycles. The normalized spacial score (nSPS) is 13.7. The second kappa shape index (κ2) is 56.4. The number of carbonyl (C=O) groups excluding carboxylic acids is 3. The fourth-order valence-corrected chi connectivity index (χ4v) is 9.15. The number of carbonyl (C=O) groups is 3. The molecule has 0 saturated carbocycles. The van der Waals surface area contributed by atoms with Gasteiger partial charge in [-0.2, -0.15) is 0 Å². The zero-order valence-electron chi connectivity index (χ0n) is 47.6. The molecule has 0 amide bonds. The average Bonchev–Trinajstić information content (AvgIpc) is 3.39. The lowest BCUT2D eigenvalue weighted by molar-refractivity contribution is -0.161. The minimum Gasteiger partial charge on any atom is -0.462 e. The fraction of sp³-hybridized carbons (Fsp3) is 0.790. The minimum absolute atomic E-state index is 0.0567. The van der Waals surface area contributed by atoms with Crippen LogP contribution in [0.1, 0.15) is 278 Å². The molecular weight excluding hydrogens is 952 g/mol. The van der Waals surface area contributed by atoms with Crippen LogP contribution in [0.25, 0.3) is 0 Å². The van der Waals surface area contributed by atoms with E-state index in [1.54, 1.807) is 0 Å². The van der Waals surface area contributed by atoms with Gasteiger partial charge in [0, 0.05) is 19.3 Å². The zero-order valence-corrected chi connectivity index (χ0v) is 48.5. The molecule has 0 rings (SSSR count). The highest BCUT2D eigenvalue weighted by Gasteiger charge is 2.28. The Morgan fingerprint density at radius 3 is 1.16 bits per heavy atom. The van der Waals surface area contributed by atoms with Crippen LogP contribution >= 0.6 is 7.82 Å². The van der Waals surface area contributed by atoms with Gasteiger partial charge in [0.25, 0.3) is 0 Å². The molecule has 0 aliphatic rings. The van der Waals surface area contributed by atoms with Crippen LogP contribution in [0.2, 0.25) is 0 Å². The van der Waals surface area contributed by atoms with Gasteiger partial charge >= 0.3 is 25.7 Å². The highest BCUT2D eigenvalue weighted by atomic mass is 31.2. The largest absolute Gasteiger partial charge is 0.472 e. The molecule has 0 radical (unpaired) electrons. The number of hydrogen-bond acceptors (Lipinski definition) is 10. The number of ether oxygens (including phenoxy) is 3. The first-order chi connectivity index (χ1) is 36.2. The van der Waals surface area contributed by atoms with E-state index < -0.39 is 57.8 Å². The van der Waals surface area contributed by atoms with Crippen LogP contribution in [0.3, 0.4) is 0 Å². The zero-order chi connectivity index (χ0) is 54.1. The number of allylic oxidation sites excluding steroid dienone is 10. The van der Waals surface area contributed by atoms with Gasteiger partial charge in [-0.1, -0.05) is 248 Å². The van der Waals surface area contributed by atoms with E-state index in [1.165, 1.54) is 154 Å². The van der Waals surface area contributed by atoms with E-state index in [4.69, 9.17) is 23.3 Å². The lowest BCUT2D eigenvalue weighted by Crippen LogP contribution is -2.30. The van der Waals surface area contributed by atoms with Crippen LogP contribution in [0, 0.1) is 0 Å². The summed E-state index contributed by atoms with van der Waals surface area (Å²) >= 11 is 0. The molecule has 3 unspecified atom stereocenters. The SMILES string of the molecule is CC/C=C\C/C=C\C/C=C\C/C=C\CCC(=O)OC(CO)COP(=O)(O)OCC(COC(=O)CCCCCCCCCCC/C=C\CCCCCCCC)OC(=O)CCCCCCCCCCCCCCCCC. The third-order valence-corrected chi connectivity index (χ3v) is 13.9. The Labute approximate surface area is 453 Å². The second-order valence-electron chi connectivity index (χ2n) is 20.1. The number of aliphatic hydroxyl groups excluding tert-OH is 1. The predicted molar refractivity (Wildman–Crippen MR) is 307 cm³/mol. The minimum atomic E-state index is -4.76. The quantitative estimate of drug-likeness (QED) is 0.0197. The molecule has 12 heteroatoms. The number of unbranched alkanes of at least 4 members (excludes halogenated alkanes) is 29. The molecule has 0 saturated heterocycles. The maximum Gasteiger partial charge on any atom is 0.472 e. The van der Waals surface area contributed by atoms with Gasteiger partial charge < -0.3 is 24.2 Å². The van der Waals surface area contributed by atoms with Crippen LogP contribution in [-0.2, 0) is 42.2 Å². The van der Waals surface area contributed by atoms with Crippen molar-refractivity contribution in [3.05, 3.63) is 60.8 Å². The number of hydrogen-bond donors (Lipinski definition) is 2. The number of aliphatic hydroxyl groups is 1. The van der Waals surface area contributed by atoms with Crippen molar-refractivity contribution < 1.29 is 52.2 Å². The summed E-state index contributed by atoms with van der Waals surface area (Å²) in [5.74, 6) is -1.54. The Kier molecular flexibility index (Phi) is 54.2. The van der Waals surface area contributed by atoms with E-state index in [0.29, 0.717) is 19.3 Å². The van der Waals surface area contributed by atoms with Gasteiger partial charge in [-0.15, -0.1) is 0 Å². The summed E-state index contributed by atoms with van der Waals surface area (Å²) in [5.41, 5.74) is 0. The fourth-order valence-electron chi connectivity index (χ4n) is 8.37. The molecule has 0 aromatic carbocycles. The molecule has 3 atom stereocenters. The number of rotatable bonds is 56. The molecule has 11 nitrogen and oxygen atoms in total. The maximum absolute atomic E-state index is 12.9. The van der Waals surface area contributed by atoms with Crippen molar-refractivity contribution >= 4 is 25.7 Å². The summed E-state index contributed by atoms with van der Waals surface area (Å²) in [7, 11) is -4.76. The van der Waals surface area contributed by atoms with Crippen LogP contribution in [0.15, 0.2) is 60.8 Å². The predicted octanol–water partition coefficient (Wildman–Crippen LogP) is 17.9. The Morgan fingerprint density at radius 1 is 0.392 bits per heavy atom. The van der Waals surface area contributed by atoms with E-state index in [-0.39, 0.29) is 25.9 Å². The van der Waals surface area contributed by atoms with Gasteiger partial charge in [-0.05, 0) is 70.6 Å². The van der Waals surface area contributed by atoms with Gasteiger partial charge in [-0.3, -0.25) is 23.4 Å². The smallest absolute Gasteiger partial charge is 0.462 e. The Morgan fingerprint density at radius 2 is 0.730 bits per heavy atom. The molecule has 0 aliphatic carbocycles. The Hall–Kier alpha value is -2.82. The second-order valence-corrected chi connectivity index (χ2v) is 21.6. The lowest BCUT2D eigenvalue weighted by atomic mass is 10.0. The summed E-state index contributed by atoms with van der Waals surface area (Å²) in [6.07, 6.45) is 62.0. The monoisotopic (exact) mass is 1060 g/mol. The molecule has 0 spiro atoms. The van der Waals surface area contributed by atoms with E-state index in [9.17, 15) is 28.9 Å². The molecular formula is C62H111O11P. The number of phosphoric acid groups is 1. The summed E-state index contributed by atoms with van der Waals surface area (Å²) in [6.45, 7) is 4.48. The van der Waals surface area contributed by atoms with Gasteiger partial charge in [0.2, 0.25) is 0 Å². The van der Waals surface area contributed by atoms with Crippen molar-refractivity contribution in [3.63, 3.8) is 0 Å². The molecule has 74 heavy (non-hydrogen) atoms. The van der Waals surface area contributed by atoms with Crippen LogP contribution < -0.4 is 0 Å². The van der Waals surface area contributed by atoms with Gasteiger partial charge in [-0.25, -0.2) is 4.57 Å². The molecule has 0 aliphatic heterocycles. The van der Waals surface area contributed by atoms with Gasteiger partial charge in [0.1, 0.15) is 12.7 Å². The molecule has 0 fully saturated rings. The van der Waals surface area contributed by atoms with Crippen molar-refractivity contribution in [1.29, 1.82) is 0 Å². The van der Waals surface area contributed by atoms with Crippen molar-refractivity contribution in [2.45, 2.75) is 290 Å². The molecule has 0 bridgehead atoms. The summed E-state index contributed by atoms with van der Waals surface area (Å²) in [4.78, 5) is 48.5. The van der Waals surface area contributed by atoms with Crippen LogP contribution in [0.5, 0.6) is 0 Å². The molecule has 0 aromatic rings. The Balaban J connectivity index is 4.73.